The minimum Gasteiger partial charge on any atom is -0.397 e. The molecule has 4 aliphatic rings. The minimum absolute atomic E-state index is 0.250. The van der Waals surface area contributed by atoms with Crippen molar-refractivity contribution in [3.63, 3.8) is 0 Å². The summed E-state index contributed by atoms with van der Waals surface area (Å²) in [6.07, 6.45) is 17.9. The molecule has 11 heteroatoms. The number of azide groups is 1. The Bertz CT molecular complexity index is 1050. The molecule has 0 unspecified atom stereocenters. The Hall–Kier alpha value is -2.59. The number of anilines is 1. The van der Waals surface area contributed by atoms with Gasteiger partial charge < -0.3 is 20.0 Å². The van der Waals surface area contributed by atoms with Crippen LogP contribution in [0.25, 0.3) is 10.4 Å². The first-order valence-corrected chi connectivity index (χ1v) is 15.1. The normalized spacial score (nSPS) is 20.5. The second kappa shape index (κ2) is 15.3. The quantitative estimate of drug-likeness (QED) is 0.308. The van der Waals surface area contributed by atoms with Gasteiger partial charge in [-0.1, -0.05) is 38.5 Å². The molecule has 0 bridgehead atoms. The number of fused-ring (bicyclic) bond motifs is 2. The van der Waals surface area contributed by atoms with Gasteiger partial charge in [0.1, 0.15) is 0 Å². The number of rotatable bonds is 5. The molecule has 2 fully saturated rings. The van der Waals surface area contributed by atoms with Gasteiger partial charge in [0.15, 0.2) is 11.9 Å². The van der Waals surface area contributed by atoms with Crippen molar-refractivity contribution in [2.24, 2.45) is 17.0 Å². The highest BCUT2D eigenvalue weighted by Gasteiger charge is 2.23. The highest BCUT2D eigenvalue weighted by molar-refractivity contribution is 5.24. The van der Waals surface area contributed by atoms with E-state index in [0.717, 1.165) is 51.1 Å². The van der Waals surface area contributed by atoms with E-state index in [1.807, 2.05) is 17.0 Å². The fraction of sp³-hybridized carbons (Fsp3) is 0.786. The zero-order chi connectivity index (χ0) is 27.5. The number of hydrogen-bond acceptors (Lipinski definition) is 7. The molecule has 0 aromatic carbocycles. The molecule has 2 aromatic heterocycles. The van der Waals surface area contributed by atoms with Crippen molar-refractivity contribution in [2.75, 3.05) is 38.5 Å². The molecule has 0 saturated heterocycles. The summed E-state index contributed by atoms with van der Waals surface area (Å²) < 4.78 is 4.19. The molecule has 2 saturated carbocycles. The summed E-state index contributed by atoms with van der Waals surface area (Å²) in [5.74, 6) is 2.99. The monoisotopic (exact) mass is 540 g/mol. The SMILES string of the molecule is CCO.Nc1ncc2n1CCN(CC1CCCCC1)C2.[N-]=[N+]=Nc1ncc2n1CCN(CC1CCCCC1)C2. The van der Waals surface area contributed by atoms with Gasteiger partial charge in [0.2, 0.25) is 0 Å². The van der Waals surface area contributed by atoms with Gasteiger partial charge in [-0.3, -0.25) is 9.80 Å². The number of nitrogens with zero attached hydrogens (tertiary/aromatic N) is 9. The molecular weight excluding hydrogens is 492 g/mol. The Kier molecular flexibility index (Phi) is 11.5. The first-order valence-electron chi connectivity index (χ1n) is 15.1. The van der Waals surface area contributed by atoms with Crippen molar-refractivity contribution in [3.8, 4) is 0 Å². The fourth-order valence-electron chi connectivity index (χ4n) is 6.58. The second-order valence-corrected chi connectivity index (χ2v) is 11.4. The predicted octanol–water partition coefficient (Wildman–Crippen LogP) is 5.08. The molecule has 11 nitrogen and oxygen atoms in total. The van der Waals surface area contributed by atoms with Crippen LogP contribution < -0.4 is 5.73 Å². The highest BCUT2D eigenvalue weighted by Crippen LogP contribution is 2.28. The van der Waals surface area contributed by atoms with Crippen LogP contribution >= 0.6 is 0 Å². The van der Waals surface area contributed by atoms with E-state index < -0.39 is 0 Å². The van der Waals surface area contributed by atoms with E-state index in [0.29, 0.717) is 11.9 Å². The van der Waals surface area contributed by atoms with Gasteiger partial charge in [0.05, 0.1) is 17.6 Å². The van der Waals surface area contributed by atoms with Crippen LogP contribution in [0.4, 0.5) is 11.9 Å². The largest absolute Gasteiger partial charge is 0.397 e. The molecule has 216 valence electrons. The third-order valence-electron chi connectivity index (χ3n) is 8.55. The van der Waals surface area contributed by atoms with Gasteiger partial charge >= 0.3 is 0 Å². The lowest BCUT2D eigenvalue weighted by molar-refractivity contribution is 0.168. The summed E-state index contributed by atoms with van der Waals surface area (Å²) >= 11 is 0. The summed E-state index contributed by atoms with van der Waals surface area (Å²) in [5, 5.41) is 11.2. The Morgan fingerprint density at radius 3 is 1.87 bits per heavy atom. The third-order valence-corrected chi connectivity index (χ3v) is 8.55. The molecule has 3 N–H and O–H groups in total. The van der Waals surface area contributed by atoms with E-state index >= 15 is 0 Å². The molecule has 4 heterocycles. The lowest BCUT2D eigenvalue weighted by atomic mass is 9.89. The summed E-state index contributed by atoms with van der Waals surface area (Å²) in [5.41, 5.74) is 16.8. The summed E-state index contributed by atoms with van der Waals surface area (Å²) in [6, 6.07) is 0. The predicted molar refractivity (Wildman–Crippen MR) is 154 cm³/mol. The summed E-state index contributed by atoms with van der Waals surface area (Å²) in [7, 11) is 0. The van der Waals surface area contributed by atoms with E-state index in [1.54, 1.807) is 6.92 Å². The van der Waals surface area contributed by atoms with E-state index in [2.05, 4.69) is 34.4 Å². The summed E-state index contributed by atoms with van der Waals surface area (Å²) in [6.45, 7) is 10.4. The van der Waals surface area contributed by atoms with Gasteiger partial charge in [-0.05, 0) is 55.1 Å². The summed E-state index contributed by atoms with van der Waals surface area (Å²) in [4.78, 5) is 16.3. The molecule has 2 aliphatic carbocycles. The maximum absolute atomic E-state index is 8.50. The number of hydrogen-bond donors (Lipinski definition) is 2. The van der Waals surface area contributed by atoms with Crippen LogP contribution in [-0.4, -0.2) is 66.8 Å². The molecular formula is C28H48N10O. The molecule has 0 amide bonds. The standard InChI is InChI=1S/C13H20N6.C13H22N4.C2H6O/c14-17-16-13-15-8-12-10-18(6-7-19(12)13)9-11-4-2-1-3-5-11;14-13-15-8-12-10-16(6-7-17(12)13)9-11-4-2-1-3-5-11;1-2-3/h8,11H,1-7,9-10H2;8,11H,1-7,9-10H2,(H2,14,15);3H,2H2,1H3. The first-order chi connectivity index (χ1) is 19.1. The van der Waals surface area contributed by atoms with Crippen molar-refractivity contribution in [1.29, 1.82) is 0 Å². The Labute approximate surface area is 233 Å². The van der Waals surface area contributed by atoms with Crippen molar-refractivity contribution >= 4 is 11.9 Å². The van der Waals surface area contributed by atoms with E-state index in [9.17, 15) is 0 Å². The second-order valence-electron chi connectivity index (χ2n) is 11.4. The number of imidazole rings is 2. The average Bonchev–Trinajstić information content (AvgIpc) is 3.53. The van der Waals surface area contributed by atoms with Crippen LogP contribution in [0.1, 0.15) is 82.5 Å². The Morgan fingerprint density at radius 2 is 1.33 bits per heavy atom. The molecule has 2 aromatic rings. The number of aromatic nitrogens is 4. The topological polar surface area (TPSA) is 137 Å². The number of nitrogen functional groups attached to an aromatic ring is 1. The maximum atomic E-state index is 8.50. The highest BCUT2D eigenvalue weighted by atomic mass is 16.2. The molecule has 0 spiro atoms. The molecule has 39 heavy (non-hydrogen) atoms. The van der Waals surface area contributed by atoms with Gasteiger partial charge in [-0.25, -0.2) is 9.97 Å². The van der Waals surface area contributed by atoms with Crippen molar-refractivity contribution < 1.29 is 5.11 Å². The zero-order valence-corrected chi connectivity index (χ0v) is 23.8. The zero-order valence-electron chi connectivity index (χ0n) is 23.8. The van der Waals surface area contributed by atoms with Crippen molar-refractivity contribution in [3.05, 3.63) is 34.2 Å². The molecule has 6 rings (SSSR count). The maximum Gasteiger partial charge on any atom is 0.200 e. The minimum atomic E-state index is 0.250. The average molecular weight is 541 g/mol. The lowest BCUT2D eigenvalue weighted by Gasteiger charge is -2.33. The van der Waals surface area contributed by atoms with E-state index in [-0.39, 0.29) is 6.61 Å². The van der Waals surface area contributed by atoms with E-state index in [4.69, 9.17) is 16.4 Å². The van der Waals surface area contributed by atoms with Crippen LogP contribution in [-0.2, 0) is 26.2 Å². The molecule has 0 radical (unpaired) electrons. The third kappa shape index (κ3) is 8.45. The van der Waals surface area contributed by atoms with E-state index in [1.165, 1.54) is 88.7 Å². The number of aliphatic hydroxyl groups is 1. The van der Waals surface area contributed by atoms with Crippen LogP contribution in [0.5, 0.6) is 0 Å². The Morgan fingerprint density at radius 1 is 0.846 bits per heavy atom. The van der Waals surface area contributed by atoms with Gasteiger partial charge in [0, 0.05) is 70.1 Å². The fourth-order valence-corrected chi connectivity index (χ4v) is 6.58. The smallest absolute Gasteiger partial charge is 0.200 e. The number of nitrogens with two attached hydrogens (primary N) is 1. The van der Waals surface area contributed by atoms with Crippen LogP contribution in [0, 0.1) is 11.8 Å². The lowest BCUT2D eigenvalue weighted by Crippen LogP contribution is -2.37. The van der Waals surface area contributed by atoms with Crippen molar-refractivity contribution in [2.45, 2.75) is 97.3 Å². The van der Waals surface area contributed by atoms with Crippen LogP contribution in [0.3, 0.4) is 0 Å². The van der Waals surface area contributed by atoms with Crippen LogP contribution in [0.15, 0.2) is 17.5 Å². The molecule has 2 aliphatic heterocycles. The van der Waals surface area contributed by atoms with Crippen molar-refractivity contribution in [1.82, 2.24) is 28.9 Å². The first kappa shape index (κ1) is 29.4. The van der Waals surface area contributed by atoms with Gasteiger partial charge in [-0.15, -0.1) is 0 Å². The Balaban J connectivity index is 0.000000165. The van der Waals surface area contributed by atoms with Gasteiger partial charge in [0.25, 0.3) is 0 Å². The van der Waals surface area contributed by atoms with Gasteiger partial charge in [-0.2, -0.15) is 0 Å². The van der Waals surface area contributed by atoms with Crippen LogP contribution in [0.2, 0.25) is 0 Å². The molecule has 0 atom stereocenters. The number of aliphatic hydroxyl groups excluding tert-OH is 1.